The largest absolute Gasteiger partial charge is 0.505 e. The van der Waals surface area contributed by atoms with E-state index in [4.69, 9.17) is 5.11 Å². The second kappa shape index (κ2) is 5.40. The van der Waals surface area contributed by atoms with E-state index >= 15 is 0 Å². The van der Waals surface area contributed by atoms with Crippen LogP contribution in [0.4, 0.5) is 10.5 Å². The van der Waals surface area contributed by atoms with E-state index in [0.29, 0.717) is 0 Å². The van der Waals surface area contributed by atoms with Crippen LogP contribution < -0.4 is 10.6 Å². The van der Waals surface area contributed by atoms with Crippen LogP contribution >= 0.6 is 0 Å². The van der Waals surface area contributed by atoms with Crippen molar-refractivity contribution < 1.29 is 19.8 Å². The summed E-state index contributed by atoms with van der Waals surface area (Å²) in [7, 11) is 0. The zero-order valence-corrected chi connectivity index (χ0v) is 11.3. The predicted molar refractivity (Wildman–Crippen MR) is 74.1 cm³/mol. The number of rotatable bonds is 3. The highest BCUT2D eigenvalue weighted by atomic mass is 16.4. The maximum Gasteiger partial charge on any atom is 0.339 e. The summed E-state index contributed by atoms with van der Waals surface area (Å²) in [5, 5.41) is 24.1. The number of benzene rings is 1. The minimum Gasteiger partial charge on any atom is -0.505 e. The Hall–Kier alpha value is -2.24. The molecule has 1 saturated carbocycles. The molecule has 0 radical (unpaired) electrons. The summed E-state index contributed by atoms with van der Waals surface area (Å²) in [6.07, 6.45) is 4.00. The van der Waals surface area contributed by atoms with Crippen molar-refractivity contribution in [2.45, 2.75) is 38.1 Å². The van der Waals surface area contributed by atoms with Crippen LogP contribution in [0.3, 0.4) is 0 Å². The van der Waals surface area contributed by atoms with Crippen molar-refractivity contribution in [2.75, 3.05) is 5.32 Å². The first kappa shape index (κ1) is 14.2. The Morgan fingerprint density at radius 1 is 1.25 bits per heavy atom. The van der Waals surface area contributed by atoms with E-state index in [1.54, 1.807) is 0 Å². The molecule has 0 heterocycles. The second-order valence-electron chi connectivity index (χ2n) is 5.35. The van der Waals surface area contributed by atoms with Gasteiger partial charge in [-0.05, 0) is 31.9 Å². The fourth-order valence-corrected chi connectivity index (χ4v) is 2.52. The zero-order chi connectivity index (χ0) is 14.8. The van der Waals surface area contributed by atoms with Gasteiger partial charge < -0.3 is 20.8 Å². The Morgan fingerprint density at radius 3 is 2.50 bits per heavy atom. The number of hydrogen-bond acceptors (Lipinski definition) is 3. The van der Waals surface area contributed by atoms with Crippen molar-refractivity contribution in [1.29, 1.82) is 0 Å². The van der Waals surface area contributed by atoms with E-state index in [2.05, 4.69) is 10.6 Å². The molecule has 0 aromatic heterocycles. The van der Waals surface area contributed by atoms with Crippen LogP contribution in [0.15, 0.2) is 18.2 Å². The lowest BCUT2D eigenvalue weighted by Crippen LogP contribution is -2.45. The molecule has 108 valence electrons. The van der Waals surface area contributed by atoms with Gasteiger partial charge in [0.15, 0.2) is 5.75 Å². The molecule has 1 aromatic carbocycles. The first-order valence-corrected chi connectivity index (χ1v) is 6.56. The number of hydrogen-bond donors (Lipinski definition) is 4. The van der Waals surface area contributed by atoms with Crippen molar-refractivity contribution in [3.63, 3.8) is 0 Å². The quantitative estimate of drug-likeness (QED) is 0.638. The average molecular weight is 278 g/mol. The van der Waals surface area contributed by atoms with Gasteiger partial charge in [0, 0.05) is 5.54 Å². The maximum atomic E-state index is 11.9. The van der Waals surface area contributed by atoms with Crippen LogP contribution in [-0.4, -0.2) is 27.8 Å². The molecule has 0 unspecified atom stereocenters. The smallest absolute Gasteiger partial charge is 0.339 e. The van der Waals surface area contributed by atoms with Crippen LogP contribution in [0.5, 0.6) is 5.75 Å². The maximum absolute atomic E-state index is 11.9. The lowest BCUT2D eigenvalue weighted by Gasteiger charge is -2.25. The SMILES string of the molecule is CC1(NC(=O)Nc2cccc(C(=O)O)c2O)CCCC1. The Morgan fingerprint density at radius 2 is 1.90 bits per heavy atom. The molecule has 1 aliphatic rings. The average Bonchev–Trinajstić information content (AvgIpc) is 2.77. The summed E-state index contributed by atoms with van der Waals surface area (Å²) in [6.45, 7) is 1.98. The molecule has 1 fully saturated rings. The molecule has 20 heavy (non-hydrogen) atoms. The molecule has 0 atom stereocenters. The molecular weight excluding hydrogens is 260 g/mol. The van der Waals surface area contributed by atoms with E-state index in [9.17, 15) is 14.7 Å². The molecule has 0 spiro atoms. The van der Waals surface area contributed by atoms with Gasteiger partial charge in [0.2, 0.25) is 0 Å². The van der Waals surface area contributed by atoms with Gasteiger partial charge in [0.1, 0.15) is 5.56 Å². The fourth-order valence-electron chi connectivity index (χ4n) is 2.52. The van der Waals surface area contributed by atoms with E-state index in [1.165, 1.54) is 18.2 Å². The van der Waals surface area contributed by atoms with Gasteiger partial charge in [-0.1, -0.05) is 18.9 Å². The van der Waals surface area contributed by atoms with E-state index in [-0.39, 0.29) is 16.8 Å². The van der Waals surface area contributed by atoms with Crippen molar-refractivity contribution in [2.24, 2.45) is 0 Å². The number of phenols is 1. The van der Waals surface area contributed by atoms with Crippen molar-refractivity contribution in [3.05, 3.63) is 23.8 Å². The summed E-state index contributed by atoms with van der Waals surface area (Å²) >= 11 is 0. The number of urea groups is 1. The Labute approximate surface area is 116 Å². The van der Waals surface area contributed by atoms with Crippen LogP contribution in [0, 0.1) is 0 Å². The summed E-state index contributed by atoms with van der Waals surface area (Å²) in [5.41, 5.74) is -0.386. The van der Waals surface area contributed by atoms with Crippen LogP contribution in [0.1, 0.15) is 43.0 Å². The van der Waals surface area contributed by atoms with Gasteiger partial charge in [0.05, 0.1) is 5.69 Å². The third-order valence-corrected chi connectivity index (χ3v) is 3.64. The highest BCUT2D eigenvalue weighted by molar-refractivity contribution is 5.97. The third-order valence-electron chi connectivity index (χ3n) is 3.64. The summed E-state index contributed by atoms with van der Waals surface area (Å²) in [4.78, 5) is 22.8. The number of aromatic hydroxyl groups is 1. The summed E-state index contributed by atoms with van der Waals surface area (Å²) in [5.74, 6) is -1.68. The van der Waals surface area contributed by atoms with Gasteiger partial charge in [0.25, 0.3) is 0 Å². The summed E-state index contributed by atoms with van der Waals surface area (Å²) < 4.78 is 0. The topological polar surface area (TPSA) is 98.7 Å². The Bertz CT molecular complexity index is 536. The first-order chi connectivity index (χ1) is 9.41. The number of nitrogens with one attached hydrogen (secondary N) is 2. The molecule has 6 nitrogen and oxygen atoms in total. The monoisotopic (exact) mass is 278 g/mol. The lowest BCUT2D eigenvalue weighted by molar-refractivity contribution is 0.0693. The van der Waals surface area contributed by atoms with Crippen LogP contribution in [0.25, 0.3) is 0 Å². The minimum atomic E-state index is -1.24. The number of carboxylic acid groups (broad SMARTS) is 1. The molecule has 0 aliphatic heterocycles. The second-order valence-corrected chi connectivity index (χ2v) is 5.35. The molecular formula is C14H18N2O4. The third kappa shape index (κ3) is 3.01. The number of amides is 2. The molecule has 2 rings (SSSR count). The number of carbonyl (C=O) groups is 2. The number of carbonyl (C=O) groups excluding carboxylic acids is 1. The highest BCUT2D eigenvalue weighted by Crippen LogP contribution is 2.30. The van der Waals surface area contributed by atoms with Crippen molar-refractivity contribution in [1.82, 2.24) is 5.32 Å². The molecule has 2 amide bonds. The normalized spacial score (nSPS) is 16.6. The van der Waals surface area contributed by atoms with E-state index < -0.39 is 17.7 Å². The van der Waals surface area contributed by atoms with Gasteiger partial charge in [-0.25, -0.2) is 9.59 Å². The zero-order valence-electron chi connectivity index (χ0n) is 11.3. The predicted octanol–water partition coefficient (Wildman–Crippen LogP) is 2.54. The van der Waals surface area contributed by atoms with Crippen molar-refractivity contribution >= 4 is 17.7 Å². The number of aromatic carboxylic acids is 1. The number of para-hydroxylation sites is 1. The van der Waals surface area contributed by atoms with Crippen molar-refractivity contribution in [3.8, 4) is 5.75 Å². The molecule has 1 aromatic rings. The van der Waals surface area contributed by atoms with Crippen LogP contribution in [0.2, 0.25) is 0 Å². The molecule has 0 saturated heterocycles. The molecule has 6 heteroatoms. The minimum absolute atomic E-state index is 0.0870. The fraction of sp³-hybridized carbons (Fsp3) is 0.429. The highest BCUT2D eigenvalue weighted by Gasteiger charge is 2.30. The molecule has 1 aliphatic carbocycles. The standard InChI is InChI=1S/C14H18N2O4/c1-14(7-2-3-8-14)16-13(20)15-10-6-4-5-9(11(10)17)12(18)19/h4-6,17H,2-3,7-8H2,1H3,(H,18,19)(H2,15,16,20). The summed E-state index contributed by atoms with van der Waals surface area (Å²) in [6, 6.07) is 3.76. The lowest BCUT2D eigenvalue weighted by atomic mass is 10.0. The Kier molecular flexibility index (Phi) is 3.83. The van der Waals surface area contributed by atoms with Gasteiger partial charge in [-0.2, -0.15) is 0 Å². The van der Waals surface area contributed by atoms with E-state index in [0.717, 1.165) is 25.7 Å². The number of anilines is 1. The van der Waals surface area contributed by atoms with Gasteiger partial charge in [-0.3, -0.25) is 0 Å². The Balaban J connectivity index is 2.08. The molecule has 4 N–H and O–H groups in total. The first-order valence-electron chi connectivity index (χ1n) is 6.56. The van der Waals surface area contributed by atoms with Crippen LogP contribution in [-0.2, 0) is 0 Å². The van der Waals surface area contributed by atoms with Gasteiger partial charge >= 0.3 is 12.0 Å². The molecule has 0 bridgehead atoms. The van der Waals surface area contributed by atoms with Gasteiger partial charge in [-0.15, -0.1) is 0 Å². The number of carboxylic acids is 1. The van der Waals surface area contributed by atoms with E-state index in [1.807, 2.05) is 6.92 Å².